The van der Waals surface area contributed by atoms with Gasteiger partial charge in [0, 0.05) is 55.7 Å². The van der Waals surface area contributed by atoms with Crippen molar-refractivity contribution in [3.8, 4) is 5.69 Å². The van der Waals surface area contributed by atoms with Crippen LogP contribution in [0.1, 0.15) is 21.6 Å². The predicted octanol–water partition coefficient (Wildman–Crippen LogP) is 4.00. The molecule has 8 heteroatoms. The van der Waals surface area contributed by atoms with Crippen molar-refractivity contribution >= 4 is 28.2 Å². The summed E-state index contributed by atoms with van der Waals surface area (Å²) < 4.78 is 1.86. The molecule has 0 saturated carbocycles. The third-order valence-corrected chi connectivity index (χ3v) is 6.87. The van der Waals surface area contributed by atoms with Crippen molar-refractivity contribution in [3.05, 3.63) is 88.7 Å². The summed E-state index contributed by atoms with van der Waals surface area (Å²) in [6.45, 7) is 1.71. The molecule has 0 atom stereocenters. The number of thiazole rings is 1. The summed E-state index contributed by atoms with van der Waals surface area (Å²) in [5.41, 5.74) is 11.1. The second-order valence-corrected chi connectivity index (χ2v) is 9.02. The van der Waals surface area contributed by atoms with E-state index < -0.39 is 6.03 Å². The van der Waals surface area contributed by atoms with Gasteiger partial charge in [0.05, 0.1) is 5.69 Å². The van der Waals surface area contributed by atoms with E-state index in [-0.39, 0.29) is 0 Å². The van der Waals surface area contributed by atoms with Crippen molar-refractivity contribution in [2.24, 2.45) is 5.73 Å². The molecule has 2 amide bonds. The second-order valence-electron chi connectivity index (χ2n) is 7.92. The molecule has 0 unspecified atom stereocenters. The van der Waals surface area contributed by atoms with Crippen molar-refractivity contribution in [2.75, 3.05) is 23.4 Å². The molecular weight excluding hydrogens is 420 g/mol. The van der Waals surface area contributed by atoms with Gasteiger partial charge in [0.1, 0.15) is 0 Å². The number of carbonyl (C=O) groups is 1. The van der Waals surface area contributed by atoms with Crippen LogP contribution in [0.2, 0.25) is 0 Å². The third kappa shape index (κ3) is 4.09. The zero-order chi connectivity index (χ0) is 22.1. The first kappa shape index (κ1) is 20.3. The van der Waals surface area contributed by atoms with E-state index in [9.17, 15) is 4.79 Å². The Bertz CT molecular complexity index is 1230. The third-order valence-electron chi connectivity index (χ3n) is 5.82. The lowest BCUT2D eigenvalue weighted by atomic mass is 9.99. The summed E-state index contributed by atoms with van der Waals surface area (Å²) in [6, 6.07) is 16.0. The second kappa shape index (κ2) is 8.47. The van der Waals surface area contributed by atoms with Gasteiger partial charge in [-0.15, -0.1) is 11.3 Å². The molecule has 0 aliphatic carbocycles. The minimum absolute atomic E-state index is 0.458. The van der Waals surface area contributed by atoms with E-state index in [4.69, 9.17) is 10.7 Å². The van der Waals surface area contributed by atoms with Crippen LogP contribution in [0, 0.1) is 0 Å². The smallest absolute Gasteiger partial charge is 0.318 e. The fourth-order valence-corrected chi connectivity index (χ4v) is 4.93. The standard InChI is InChI=1S/C24H24N6OS/c1-28(23(25)31)21-8-5-18-9-12-29(16-19(18)14-21)24-26-15-22(32-24)13-17-3-6-20(7-4-17)30-11-2-10-27-30/h2-8,10-11,14-15H,9,12-13,16H2,1H3,(H2,25,31). The van der Waals surface area contributed by atoms with Crippen molar-refractivity contribution in [1.82, 2.24) is 14.8 Å². The van der Waals surface area contributed by atoms with E-state index in [1.54, 1.807) is 24.6 Å². The van der Waals surface area contributed by atoms with Crippen LogP contribution in [0.3, 0.4) is 0 Å². The molecule has 2 N–H and O–H groups in total. The van der Waals surface area contributed by atoms with Gasteiger partial charge in [0.15, 0.2) is 5.13 Å². The van der Waals surface area contributed by atoms with Crippen LogP contribution in [0.25, 0.3) is 5.69 Å². The molecule has 7 nitrogen and oxygen atoms in total. The Morgan fingerprint density at radius 3 is 2.78 bits per heavy atom. The predicted molar refractivity (Wildman–Crippen MR) is 128 cm³/mol. The number of benzene rings is 2. The molecule has 0 bridgehead atoms. The summed E-state index contributed by atoms with van der Waals surface area (Å²) in [5, 5.41) is 5.31. The number of rotatable bonds is 5. The fraction of sp³-hybridized carbons (Fsp3) is 0.208. The Morgan fingerprint density at radius 1 is 1.19 bits per heavy atom. The van der Waals surface area contributed by atoms with Gasteiger partial charge in [-0.05, 0) is 53.4 Å². The maximum Gasteiger partial charge on any atom is 0.318 e. The number of nitrogens with two attached hydrogens (primary N) is 1. The van der Waals surface area contributed by atoms with Crippen molar-refractivity contribution in [1.29, 1.82) is 0 Å². The Hall–Kier alpha value is -3.65. The molecule has 5 rings (SSSR count). The molecule has 32 heavy (non-hydrogen) atoms. The molecule has 1 aliphatic rings. The van der Waals surface area contributed by atoms with Crippen LogP contribution < -0.4 is 15.5 Å². The summed E-state index contributed by atoms with van der Waals surface area (Å²) in [7, 11) is 1.69. The number of amides is 2. The molecule has 0 saturated heterocycles. The first-order valence-electron chi connectivity index (χ1n) is 10.5. The number of urea groups is 1. The van der Waals surface area contributed by atoms with E-state index in [1.165, 1.54) is 26.5 Å². The molecule has 1 aliphatic heterocycles. The van der Waals surface area contributed by atoms with Gasteiger partial charge >= 0.3 is 6.03 Å². The Balaban J connectivity index is 1.28. The molecule has 4 aromatic rings. The van der Waals surface area contributed by atoms with Gasteiger partial charge < -0.3 is 10.6 Å². The summed E-state index contributed by atoms with van der Waals surface area (Å²) in [6.07, 6.45) is 7.52. The number of primary amides is 1. The molecule has 0 radical (unpaired) electrons. The van der Waals surface area contributed by atoms with Gasteiger partial charge in [0.2, 0.25) is 0 Å². The van der Waals surface area contributed by atoms with E-state index in [2.05, 4.69) is 46.4 Å². The van der Waals surface area contributed by atoms with E-state index in [1.807, 2.05) is 29.2 Å². The highest BCUT2D eigenvalue weighted by Crippen LogP contribution is 2.31. The molecule has 2 aromatic heterocycles. The molecule has 2 aromatic carbocycles. The normalized spacial score (nSPS) is 13.1. The maximum absolute atomic E-state index is 11.5. The van der Waals surface area contributed by atoms with Crippen molar-refractivity contribution in [2.45, 2.75) is 19.4 Å². The van der Waals surface area contributed by atoms with Gasteiger partial charge in [-0.2, -0.15) is 5.10 Å². The zero-order valence-electron chi connectivity index (χ0n) is 17.8. The summed E-state index contributed by atoms with van der Waals surface area (Å²) in [5.74, 6) is 0. The number of aromatic nitrogens is 3. The minimum atomic E-state index is -0.458. The number of hydrogen-bond donors (Lipinski definition) is 1. The van der Waals surface area contributed by atoms with Gasteiger partial charge in [-0.25, -0.2) is 14.5 Å². The van der Waals surface area contributed by atoms with Crippen LogP contribution in [0.4, 0.5) is 15.6 Å². The van der Waals surface area contributed by atoms with Gasteiger partial charge in [-0.3, -0.25) is 4.90 Å². The highest BCUT2D eigenvalue weighted by molar-refractivity contribution is 7.15. The van der Waals surface area contributed by atoms with E-state index >= 15 is 0 Å². The van der Waals surface area contributed by atoms with Crippen LogP contribution in [-0.2, 0) is 19.4 Å². The Kier molecular flexibility index (Phi) is 5.36. The first-order chi connectivity index (χ1) is 15.6. The quantitative estimate of drug-likeness (QED) is 0.505. The maximum atomic E-state index is 11.5. The Morgan fingerprint density at radius 2 is 2.03 bits per heavy atom. The number of nitrogens with zero attached hydrogens (tertiary/aromatic N) is 5. The molecule has 162 valence electrons. The molecular formula is C24H24N6OS. The Labute approximate surface area is 190 Å². The van der Waals surface area contributed by atoms with Gasteiger partial charge in [0.25, 0.3) is 0 Å². The van der Waals surface area contributed by atoms with Gasteiger partial charge in [-0.1, -0.05) is 18.2 Å². The number of hydrogen-bond acceptors (Lipinski definition) is 5. The largest absolute Gasteiger partial charge is 0.351 e. The first-order valence-corrected chi connectivity index (χ1v) is 11.3. The van der Waals surface area contributed by atoms with Crippen molar-refractivity contribution < 1.29 is 4.79 Å². The van der Waals surface area contributed by atoms with Crippen LogP contribution in [-0.4, -0.2) is 34.4 Å². The lowest BCUT2D eigenvalue weighted by Crippen LogP contribution is -2.33. The monoisotopic (exact) mass is 444 g/mol. The minimum Gasteiger partial charge on any atom is -0.351 e. The van der Waals surface area contributed by atoms with Crippen LogP contribution in [0.15, 0.2) is 67.1 Å². The summed E-state index contributed by atoms with van der Waals surface area (Å²) >= 11 is 1.74. The number of carbonyl (C=O) groups excluding carboxylic acids is 1. The fourth-order valence-electron chi connectivity index (χ4n) is 3.96. The average molecular weight is 445 g/mol. The topological polar surface area (TPSA) is 80.3 Å². The zero-order valence-corrected chi connectivity index (χ0v) is 18.6. The lowest BCUT2D eigenvalue weighted by molar-refractivity contribution is 0.255. The van der Waals surface area contributed by atoms with Crippen LogP contribution in [0.5, 0.6) is 0 Å². The number of fused-ring (bicyclic) bond motifs is 1. The lowest BCUT2D eigenvalue weighted by Gasteiger charge is -2.29. The molecule has 3 heterocycles. The van der Waals surface area contributed by atoms with Crippen molar-refractivity contribution in [3.63, 3.8) is 0 Å². The number of anilines is 2. The highest BCUT2D eigenvalue weighted by Gasteiger charge is 2.20. The SMILES string of the molecule is CN(C(N)=O)c1ccc2c(c1)CN(c1ncc(Cc3ccc(-n4cccn4)cc3)s1)CC2. The molecule has 0 spiro atoms. The van der Waals surface area contributed by atoms with E-state index in [0.717, 1.165) is 42.4 Å². The molecule has 0 fully saturated rings. The van der Waals surface area contributed by atoms with Crippen LogP contribution >= 0.6 is 11.3 Å². The summed E-state index contributed by atoms with van der Waals surface area (Å²) in [4.78, 5) is 21.2. The van der Waals surface area contributed by atoms with E-state index in [0.29, 0.717) is 0 Å². The highest BCUT2D eigenvalue weighted by atomic mass is 32.1. The average Bonchev–Trinajstić information content (AvgIpc) is 3.51.